The number of alkyl halides is 3. The minimum absolute atomic E-state index is 0.0956. The zero-order valence-electron chi connectivity index (χ0n) is 6.50. The van der Waals surface area contributed by atoms with Crippen LogP contribution in [0.1, 0.15) is 11.8 Å². The molecular formula is C6H6F3NO2S. The summed E-state index contributed by atoms with van der Waals surface area (Å²) in [6, 6.07) is 0. The summed E-state index contributed by atoms with van der Waals surface area (Å²) in [5.74, 6) is 0. The zero-order valence-corrected chi connectivity index (χ0v) is 7.32. The van der Waals surface area contributed by atoms with Gasteiger partial charge in [0, 0.05) is 5.38 Å². The first-order chi connectivity index (χ1) is 5.95. The van der Waals surface area contributed by atoms with Crippen molar-refractivity contribution < 1.29 is 23.0 Å². The molecule has 0 spiro atoms. The van der Waals surface area contributed by atoms with Crippen LogP contribution in [0.15, 0.2) is 5.38 Å². The van der Waals surface area contributed by atoms with Crippen LogP contribution < -0.4 is 4.74 Å². The van der Waals surface area contributed by atoms with Crippen molar-refractivity contribution in [2.75, 3.05) is 7.11 Å². The van der Waals surface area contributed by atoms with Gasteiger partial charge in [-0.1, -0.05) is 11.3 Å². The van der Waals surface area contributed by atoms with Crippen LogP contribution in [0.3, 0.4) is 0 Å². The van der Waals surface area contributed by atoms with E-state index in [9.17, 15) is 13.2 Å². The molecule has 0 fully saturated rings. The van der Waals surface area contributed by atoms with E-state index in [1.807, 2.05) is 0 Å². The van der Waals surface area contributed by atoms with Crippen molar-refractivity contribution in [2.24, 2.45) is 0 Å². The number of aliphatic hydroxyl groups excluding tert-OH is 1. The lowest BCUT2D eigenvalue weighted by Crippen LogP contribution is -2.20. The molecule has 3 nitrogen and oxygen atoms in total. The Kier molecular flexibility index (Phi) is 2.77. The Labute approximate surface area is 75.8 Å². The lowest BCUT2D eigenvalue weighted by atomic mass is 10.3. The van der Waals surface area contributed by atoms with Gasteiger partial charge in [0.15, 0.2) is 6.10 Å². The molecule has 1 unspecified atom stereocenters. The van der Waals surface area contributed by atoms with Crippen LogP contribution in [0.25, 0.3) is 0 Å². The fourth-order valence-corrected chi connectivity index (χ4v) is 1.31. The number of thiazole rings is 1. The van der Waals surface area contributed by atoms with Crippen molar-refractivity contribution in [1.82, 2.24) is 4.98 Å². The van der Waals surface area contributed by atoms with Gasteiger partial charge < -0.3 is 9.84 Å². The van der Waals surface area contributed by atoms with Crippen LogP contribution in [-0.2, 0) is 0 Å². The molecule has 0 aliphatic rings. The minimum Gasteiger partial charge on any atom is -0.473 e. The molecule has 0 saturated carbocycles. The third-order valence-electron chi connectivity index (χ3n) is 1.27. The van der Waals surface area contributed by atoms with E-state index >= 15 is 0 Å². The van der Waals surface area contributed by atoms with Gasteiger partial charge in [0.05, 0.1) is 12.8 Å². The summed E-state index contributed by atoms with van der Waals surface area (Å²) in [5, 5.41) is 9.93. The molecule has 0 bridgehead atoms. The third-order valence-corrected chi connectivity index (χ3v) is 2.08. The number of hydrogen-bond donors (Lipinski definition) is 1. The highest BCUT2D eigenvalue weighted by molar-refractivity contribution is 7.11. The van der Waals surface area contributed by atoms with E-state index in [-0.39, 0.29) is 5.19 Å². The molecule has 0 aliphatic heterocycles. The molecule has 0 radical (unpaired) electrons. The molecule has 74 valence electrons. The normalized spacial score (nSPS) is 14.2. The smallest absolute Gasteiger partial charge is 0.420 e. The van der Waals surface area contributed by atoms with Gasteiger partial charge in [0.2, 0.25) is 0 Å². The van der Waals surface area contributed by atoms with Crippen LogP contribution in [-0.4, -0.2) is 23.4 Å². The molecule has 1 aromatic rings. The molecule has 13 heavy (non-hydrogen) atoms. The average molecular weight is 213 g/mol. The van der Waals surface area contributed by atoms with E-state index in [0.717, 1.165) is 16.7 Å². The van der Waals surface area contributed by atoms with Gasteiger partial charge in [-0.05, 0) is 0 Å². The van der Waals surface area contributed by atoms with E-state index in [4.69, 9.17) is 5.11 Å². The summed E-state index contributed by atoms with van der Waals surface area (Å²) >= 11 is 0.901. The fourth-order valence-electron chi connectivity index (χ4n) is 0.656. The first-order valence-electron chi connectivity index (χ1n) is 3.19. The van der Waals surface area contributed by atoms with E-state index in [2.05, 4.69) is 9.72 Å². The predicted octanol–water partition coefficient (Wildman–Crippen LogP) is 1.75. The van der Waals surface area contributed by atoms with Gasteiger partial charge in [-0.15, -0.1) is 0 Å². The monoisotopic (exact) mass is 213 g/mol. The summed E-state index contributed by atoms with van der Waals surface area (Å²) in [6.07, 6.45) is -7.22. The van der Waals surface area contributed by atoms with Gasteiger partial charge in [-0.2, -0.15) is 13.2 Å². The Morgan fingerprint density at radius 1 is 1.62 bits per heavy atom. The van der Waals surface area contributed by atoms with Crippen molar-refractivity contribution in [1.29, 1.82) is 0 Å². The lowest BCUT2D eigenvalue weighted by Gasteiger charge is -2.11. The molecule has 0 aromatic carbocycles. The number of halogens is 3. The number of aromatic nitrogens is 1. The number of ether oxygens (including phenoxy) is 1. The van der Waals surface area contributed by atoms with Gasteiger partial charge in [0.1, 0.15) is 0 Å². The van der Waals surface area contributed by atoms with E-state index in [0.29, 0.717) is 0 Å². The standard InChI is InChI=1S/C6H6F3NO2S/c1-12-5-10-3(2-13-5)4(11)6(7,8)9/h2,4,11H,1H3. The Morgan fingerprint density at radius 3 is 2.62 bits per heavy atom. The van der Waals surface area contributed by atoms with Gasteiger partial charge >= 0.3 is 6.18 Å². The number of rotatable bonds is 2. The van der Waals surface area contributed by atoms with E-state index < -0.39 is 18.0 Å². The van der Waals surface area contributed by atoms with Gasteiger partial charge in [0.25, 0.3) is 5.19 Å². The van der Waals surface area contributed by atoms with Crippen LogP contribution in [0, 0.1) is 0 Å². The molecule has 1 aromatic heterocycles. The molecule has 0 amide bonds. The molecule has 0 saturated heterocycles. The first kappa shape index (κ1) is 10.3. The second-order valence-electron chi connectivity index (χ2n) is 2.19. The maximum atomic E-state index is 11.9. The van der Waals surface area contributed by atoms with Gasteiger partial charge in [-0.25, -0.2) is 4.98 Å². The molecule has 0 aliphatic carbocycles. The highest BCUT2D eigenvalue weighted by atomic mass is 32.1. The largest absolute Gasteiger partial charge is 0.473 e. The van der Waals surface area contributed by atoms with Crippen LogP contribution in [0.4, 0.5) is 13.2 Å². The molecule has 1 heterocycles. The summed E-state index contributed by atoms with van der Waals surface area (Å²) in [7, 11) is 1.29. The van der Waals surface area contributed by atoms with Crippen molar-refractivity contribution in [3.8, 4) is 5.19 Å². The Balaban J connectivity index is 2.83. The molecule has 1 rings (SSSR count). The highest BCUT2D eigenvalue weighted by Crippen LogP contribution is 2.34. The second kappa shape index (κ2) is 3.51. The highest BCUT2D eigenvalue weighted by Gasteiger charge is 2.40. The second-order valence-corrected chi connectivity index (χ2v) is 3.01. The van der Waals surface area contributed by atoms with E-state index in [1.54, 1.807) is 0 Å². The van der Waals surface area contributed by atoms with Crippen molar-refractivity contribution >= 4 is 11.3 Å². The van der Waals surface area contributed by atoms with Gasteiger partial charge in [-0.3, -0.25) is 0 Å². The topological polar surface area (TPSA) is 42.4 Å². The first-order valence-corrected chi connectivity index (χ1v) is 4.07. The van der Waals surface area contributed by atoms with Crippen LogP contribution >= 0.6 is 11.3 Å². The van der Waals surface area contributed by atoms with Crippen LogP contribution in [0.5, 0.6) is 5.19 Å². The quantitative estimate of drug-likeness (QED) is 0.813. The fraction of sp³-hybridized carbons (Fsp3) is 0.500. The lowest BCUT2D eigenvalue weighted by molar-refractivity contribution is -0.207. The summed E-state index contributed by atoms with van der Waals surface area (Å²) in [6.45, 7) is 0. The maximum absolute atomic E-state index is 11.9. The minimum atomic E-state index is -4.68. The third kappa shape index (κ3) is 2.31. The SMILES string of the molecule is COc1nc(C(O)C(F)(F)F)cs1. The number of nitrogens with zero attached hydrogens (tertiary/aromatic N) is 1. The summed E-state index contributed by atoms with van der Waals surface area (Å²) in [4.78, 5) is 3.42. The van der Waals surface area contributed by atoms with Crippen LogP contribution in [0.2, 0.25) is 0 Å². The Bertz CT molecular complexity index is 286. The number of aliphatic hydroxyl groups is 1. The number of hydrogen-bond acceptors (Lipinski definition) is 4. The van der Waals surface area contributed by atoms with E-state index in [1.165, 1.54) is 7.11 Å². The summed E-state index contributed by atoms with van der Waals surface area (Å²) in [5.41, 5.74) is -0.436. The Hall–Kier alpha value is -0.820. The predicted molar refractivity (Wildman–Crippen MR) is 39.7 cm³/mol. The molecule has 1 atom stereocenters. The zero-order chi connectivity index (χ0) is 10.1. The summed E-state index contributed by atoms with van der Waals surface area (Å²) < 4.78 is 40.4. The maximum Gasteiger partial charge on any atom is 0.420 e. The molecular weight excluding hydrogens is 207 g/mol. The Morgan fingerprint density at radius 2 is 2.23 bits per heavy atom. The average Bonchev–Trinajstić information content (AvgIpc) is 2.48. The number of methoxy groups -OCH3 is 1. The molecule has 7 heteroatoms. The molecule has 1 N–H and O–H groups in total. The van der Waals surface area contributed by atoms with Crippen molar-refractivity contribution in [3.63, 3.8) is 0 Å². The van der Waals surface area contributed by atoms with Crippen molar-refractivity contribution in [3.05, 3.63) is 11.1 Å². The van der Waals surface area contributed by atoms with Crippen molar-refractivity contribution in [2.45, 2.75) is 12.3 Å².